The van der Waals surface area contributed by atoms with E-state index in [1.54, 1.807) is 13.8 Å². The van der Waals surface area contributed by atoms with Crippen molar-refractivity contribution < 1.29 is 14.6 Å². The first-order valence-corrected chi connectivity index (χ1v) is 3.50. The Morgan fingerprint density at radius 1 is 1.50 bits per heavy atom. The summed E-state index contributed by atoms with van der Waals surface area (Å²) in [4.78, 5) is 10.6. The summed E-state index contributed by atoms with van der Waals surface area (Å²) in [6.45, 7) is 3.47. The number of hydrogen-bond donors (Lipinski definition) is 1. The summed E-state index contributed by atoms with van der Waals surface area (Å²) in [6.07, 6.45) is 0. The van der Waals surface area contributed by atoms with E-state index in [2.05, 4.69) is 20.7 Å². The van der Waals surface area contributed by atoms with E-state index in [1.165, 1.54) is 7.11 Å². The number of carbonyl (C=O) groups is 1. The Hall–Kier alpha value is -0.0900. The van der Waals surface area contributed by atoms with E-state index in [4.69, 9.17) is 5.11 Å². The summed E-state index contributed by atoms with van der Waals surface area (Å²) in [6, 6.07) is 0. The molecule has 0 spiro atoms. The number of methoxy groups -OCH3 is 1. The molecule has 0 atom stereocenters. The predicted molar refractivity (Wildman–Crippen MR) is 43.2 cm³/mol. The largest absolute Gasteiger partial charge is 0.468 e. The summed E-state index contributed by atoms with van der Waals surface area (Å²) in [5, 5.41) is 7.00. The molecule has 0 aliphatic carbocycles. The Balaban J connectivity index is 0. The van der Waals surface area contributed by atoms with Crippen LogP contribution in [0.3, 0.4) is 0 Å². The number of hydrogen-bond acceptors (Lipinski definition) is 3. The maximum atomic E-state index is 10.6. The fraction of sp³-hybridized carbons (Fsp3) is 0.833. The van der Waals surface area contributed by atoms with E-state index in [1.807, 2.05) is 0 Å². The Morgan fingerprint density at radius 3 is 1.80 bits per heavy atom. The quantitative estimate of drug-likeness (QED) is 0.520. The van der Waals surface area contributed by atoms with Crippen molar-refractivity contribution in [3.63, 3.8) is 0 Å². The van der Waals surface area contributed by atoms with Gasteiger partial charge in [0, 0.05) is 7.11 Å². The minimum Gasteiger partial charge on any atom is -0.468 e. The normalized spacial score (nSPS) is 9.40. The second-order valence-electron chi connectivity index (χ2n) is 1.96. The van der Waals surface area contributed by atoms with E-state index in [0.717, 1.165) is 7.11 Å². The van der Waals surface area contributed by atoms with Gasteiger partial charge in [0.05, 0.1) is 7.11 Å². The van der Waals surface area contributed by atoms with Crippen molar-refractivity contribution in [2.75, 3.05) is 14.2 Å². The van der Waals surface area contributed by atoms with Crippen LogP contribution in [0.25, 0.3) is 0 Å². The average Bonchev–Trinajstić information content (AvgIpc) is 1.89. The lowest BCUT2D eigenvalue weighted by Gasteiger charge is -2.10. The van der Waals surface area contributed by atoms with Crippen molar-refractivity contribution in [3.05, 3.63) is 0 Å². The highest BCUT2D eigenvalue weighted by atomic mass is 79.9. The standard InChI is InChI=1S/C5H9BrO2.CH4O/c1-5(2,6)4(7)8-3;1-2/h1-3H3;2H,1H3. The van der Waals surface area contributed by atoms with Crippen molar-refractivity contribution >= 4 is 21.9 Å². The topological polar surface area (TPSA) is 46.5 Å². The molecular formula is C6H13BrO3. The van der Waals surface area contributed by atoms with E-state index in [-0.39, 0.29) is 5.97 Å². The third-order valence-corrected chi connectivity index (χ3v) is 0.995. The van der Waals surface area contributed by atoms with Gasteiger partial charge in [-0.3, -0.25) is 4.79 Å². The molecule has 0 amide bonds. The maximum absolute atomic E-state index is 10.6. The zero-order valence-corrected chi connectivity index (χ0v) is 8.23. The first-order valence-electron chi connectivity index (χ1n) is 2.70. The molecule has 10 heavy (non-hydrogen) atoms. The molecule has 4 heteroatoms. The van der Waals surface area contributed by atoms with Crippen LogP contribution < -0.4 is 0 Å². The van der Waals surface area contributed by atoms with E-state index < -0.39 is 4.32 Å². The molecule has 0 aliphatic rings. The molecule has 0 aromatic rings. The highest BCUT2D eigenvalue weighted by Crippen LogP contribution is 2.16. The van der Waals surface area contributed by atoms with E-state index in [0.29, 0.717) is 0 Å². The Kier molecular flexibility index (Phi) is 7.14. The van der Waals surface area contributed by atoms with Crippen molar-refractivity contribution in [2.45, 2.75) is 18.2 Å². The van der Waals surface area contributed by atoms with Gasteiger partial charge >= 0.3 is 5.97 Å². The summed E-state index contributed by atoms with van der Waals surface area (Å²) in [7, 11) is 2.37. The van der Waals surface area contributed by atoms with Crippen molar-refractivity contribution in [2.24, 2.45) is 0 Å². The minimum atomic E-state index is -0.540. The second-order valence-corrected chi connectivity index (χ2v) is 3.95. The monoisotopic (exact) mass is 212 g/mol. The lowest BCUT2D eigenvalue weighted by atomic mass is 10.2. The van der Waals surface area contributed by atoms with E-state index in [9.17, 15) is 4.79 Å². The average molecular weight is 213 g/mol. The van der Waals surface area contributed by atoms with Gasteiger partial charge in [-0.2, -0.15) is 0 Å². The van der Waals surface area contributed by atoms with Crippen molar-refractivity contribution in [3.8, 4) is 0 Å². The highest BCUT2D eigenvalue weighted by molar-refractivity contribution is 9.10. The zero-order valence-electron chi connectivity index (χ0n) is 6.64. The zero-order chi connectivity index (χ0) is 8.78. The lowest BCUT2D eigenvalue weighted by Crippen LogP contribution is -2.24. The molecule has 0 rings (SSSR count). The minimum absolute atomic E-state index is 0.252. The third-order valence-electron chi connectivity index (χ3n) is 0.671. The van der Waals surface area contributed by atoms with Crippen LogP contribution in [0.4, 0.5) is 0 Å². The fourth-order valence-electron chi connectivity index (χ4n) is 0.243. The Labute approximate surface area is 69.5 Å². The summed E-state index contributed by atoms with van der Waals surface area (Å²) in [5.74, 6) is -0.252. The molecule has 0 saturated carbocycles. The molecule has 0 heterocycles. The van der Waals surface area contributed by atoms with Gasteiger partial charge in [0.15, 0.2) is 0 Å². The molecule has 1 N–H and O–H groups in total. The van der Waals surface area contributed by atoms with Crippen LogP contribution in [0.15, 0.2) is 0 Å². The Bertz CT molecular complexity index is 95.7. The third kappa shape index (κ3) is 6.04. The van der Waals surface area contributed by atoms with Gasteiger partial charge in [-0.1, -0.05) is 15.9 Å². The first kappa shape index (κ1) is 12.6. The molecule has 62 valence electrons. The van der Waals surface area contributed by atoms with Crippen LogP contribution in [0, 0.1) is 0 Å². The van der Waals surface area contributed by atoms with E-state index >= 15 is 0 Å². The summed E-state index contributed by atoms with van der Waals surface area (Å²) >= 11 is 3.13. The number of ether oxygens (including phenoxy) is 1. The molecule has 0 aromatic carbocycles. The molecule has 0 aromatic heterocycles. The number of alkyl halides is 1. The van der Waals surface area contributed by atoms with Gasteiger partial charge in [-0.25, -0.2) is 0 Å². The predicted octanol–water partition coefficient (Wildman–Crippen LogP) is 0.941. The van der Waals surface area contributed by atoms with Crippen molar-refractivity contribution in [1.29, 1.82) is 0 Å². The first-order chi connectivity index (χ1) is 4.48. The van der Waals surface area contributed by atoms with Gasteiger partial charge < -0.3 is 9.84 Å². The fourth-order valence-corrected chi connectivity index (χ4v) is 0.405. The molecule has 0 bridgehead atoms. The van der Waals surface area contributed by atoms with Gasteiger partial charge in [-0.05, 0) is 13.8 Å². The summed E-state index contributed by atoms with van der Waals surface area (Å²) < 4.78 is 3.89. The molecule has 0 saturated heterocycles. The lowest BCUT2D eigenvalue weighted by molar-refractivity contribution is -0.142. The molecule has 0 radical (unpaired) electrons. The van der Waals surface area contributed by atoms with Gasteiger partial charge in [-0.15, -0.1) is 0 Å². The molecule has 3 nitrogen and oxygen atoms in total. The van der Waals surface area contributed by atoms with Crippen LogP contribution in [0.1, 0.15) is 13.8 Å². The second kappa shape index (κ2) is 5.68. The number of esters is 1. The number of carbonyl (C=O) groups excluding carboxylic acids is 1. The number of rotatable bonds is 1. The van der Waals surface area contributed by atoms with Gasteiger partial charge in [0.2, 0.25) is 0 Å². The molecule has 0 unspecified atom stereocenters. The van der Waals surface area contributed by atoms with Crippen LogP contribution in [0.2, 0.25) is 0 Å². The van der Waals surface area contributed by atoms with Crippen molar-refractivity contribution in [1.82, 2.24) is 0 Å². The van der Waals surface area contributed by atoms with Gasteiger partial charge in [0.1, 0.15) is 4.32 Å². The van der Waals surface area contributed by atoms with Crippen LogP contribution in [-0.4, -0.2) is 29.6 Å². The van der Waals surface area contributed by atoms with Crippen LogP contribution >= 0.6 is 15.9 Å². The summed E-state index contributed by atoms with van der Waals surface area (Å²) in [5.41, 5.74) is 0. The molecule has 0 aliphatic heterocycles. The van der Waals surface area contributed by atoms with Crippen LogP contribution in [0.5, 0.6) is 0 Å². The Morgan fingerprint density at radius 2 is 1.80 bits per heavy atom. The number of halogens is 1. The SMILES string of the molecule is CO.COC(=O)C(C)(C)Br. The van der Waals surface area contributed by atoms with Crippen LogP contribution in [-0.2, 0) is 9.53 Å². The maximum Gasteiger partial charge on any atom is 0.322 e. The molecular weight excluding hydrogens is 200 g/mol. The van der Waals surface area contributed by atoms with Gasteiger partial charge in [0.25, 0.3) is 0 Å². The number of aliphatic hydroxyl groups is 1. The smallest absolute Gasteiger partial charge is 0.322 e. The number of aliphatic hydroxyl groups excluding tert-OH is 1. The molecule has 0 fully saturated rings. The highest BCUT2D eigenvalue weighted by Gasteiger charge is 2.23.